The number of hydrogen-bond acceptors (Lipinski definition) is 3. The zero-order valence-electron chi connectivity index (χ0n) is 8.90. The van der Waals surface area contributed by atoms with Crippen molar-refractivity contribution in [2.75, 3.05) is 0 Å². The summed E-state index contributed by atoms with van der Waals surface area (Å²) in [6, 6.07) is 0.363. The van der Waals surface area contributed by atoms with E-state index in [-0.39, 0.29) is 0 Å². The number of nitrogens with zero attached hydrogens (tertiary/aromatic N) is 3. The van der Waals surface area contributed by atoms with Crippen LogP contribution in [0, 0.1) is 6.92 Å². The fourth-order valence-electron chi connectivity index (χ4n) is 2.34. The van der Waals surface area contributed by atoms with Gasteiger partial charge in [-0.25, -0.2) is 0 Å². The Bertz CT molecular complexity index is 318. The molecule has 0 aliphatic heterocycles. The van der Waals surface area contributed by atoms with E-state index in [4.69, 9.17) is 5.73 Å². The van der Waals surface area contributed by atoms with Crippen LogP contribution >= 0.6 is 0 Å². The summed E-state index contributed by atoms with van der Waals surface area (Å²) < 4.78 is 2.20. The molecule has 78 valence electrons. The van der Waals surface area contributed by atoms with Crippen molar-refractivity contribution >= 4 is 0 Å². The minimum atomic E-state index is 0.363. The van der Waals surface area contributed by atoms with Gasteiger partial charge in [-0.3, -0.25) is 0 Å². The molecule has 14 heavy (non-hydrogen) atoms. The van der Waals surface area contributed by atoms with Crippen LogP contribution in [-0.4, -0.2) is 20.8 Å². The molecule has 2 unspecified atom stereocenters. The molecule has 1 heterocycles. The molecule has 2 atom stereocenters. The highest BCUT2D eigenvalue weighted by atomic mass is 15.3. The van der Waals surface area contributed by atoms with Gasteiger partial charge in [-0.2, -0.15) is 0 Å². The lowest BCUT2D eigenvalue weighted by molar-refractivity contribution is 0.583. The molecule has 0 radical (unpaired) electrons. The van der Waals surface area contributed by atoms with Crippen molar-refractivity contribution in [2.24, 2.45) is 5.73 Å². The average molecular weight is 194 g/mol. The van der Waals surface area contributed by atoms with Gasteiger partial charge in [0.25, 0.3) is 0 Å². The van der Waals surface area contributed by atoms with Gasteiger partial charge >= 0.3 is 0 Å². The monoisotopic (exact) mass is 194 g/mol. The van der Waals surface area contributed by atoms with E-state index in [0.29, 0.717) is 12.0 Å². The fourth-order valence-corrected chi connectivity index (χ4v) is 2.34. The van der Waals surface area contributed by atoms with Crippen molar-refractivity contribution in [3.05, 3.63) is 11.6 Å². The van der Waals surface area contributed by atoms with E-state index < -0.39 is 0 Å². The summed E-state index contributed by atoms with van der Waals surface area (Å²) in [5.41, 5.74) is 5.90. The van der Waals surface area contributed by atoms with Crippen LogP contribution in [0.2, 0.25) is 0 Å². The molecule has 0 saturated heterocycles. The van der Waals surface area contributed by atoms with Gasteiger partial charge in [-0.1, -0.05) is 0 Å². The van der Waals surface area contributed by atoms with Crippen LogP contribution in [0.25, 0.3) is 0 Å². The third kappa shape index (κ3) is 1.54. The second-order valence-corrected chi connectivity index (χ2v) is 4.12. The maximum atomic E-state index is 5.90. The SMILES string of the molecule is CCn1c(C)nnc1C1CCC(N)C1. The maximum Gasteiger partial charge on any atom is 0.136 e. The van der Waals surface area contributed by atoms with Gasteiger partial charge in [-0.15, -0.1) is 10.2 Å². The summed E-state index contributed by atoms with van der Waals surface area (Å²) in [6.07, 6.45) is 3.36. The standard InChI is InChI=1S/C10H18N4/c1-3-14-7(2)12-13-10(14)8-4-5-9(11)6-8/h8-9H,3-6,11H2,1-2H3. The highest BCUT2D eigenvalue weighted by Crippen LogP contribution is 2.32. The molecule has 1 aliphatic rings. The maximum absolute atomic E-state index is 5.90. The Hall–Kier alpha value is -0.900. The number of aryl methyl sites for hydroxylation is 1. The Labute approximate surface area is 84.5 Å². The van der Waals surface area contributed by atoms with Crippen LogP contribution in [-0.2, 0) is 6.54 Å². The molecule has 0 spiro atoms. The molecule has 2 rings (SSSR count). The van der Waals surface area contributed by atoms with Crippen LogP contribution in [0.3, 0.4) is 0 Å². The van der Waals surface area contributed by atoms with Crippen molar-refractivity contribution < 1.29 is 0 Å². The molecule has 1 fully saturated rings. The molecular formula is C10H18N4. The van der Waals surface area contributed by atoms with Gasteiger partial charge in [0.1, 0.15) is 11.6 Å². The van der Waals surface area contributed by atoms with Gasteiger partial charge in [0.2, 0.25) is 0 Å². The molecular weight excluding hydrogens is 176 g/mol. The summed E-state index contributed by atoms with van der Waals surface area (Å²) in [4.78, 5) is 0. The number of rotatable bonds is 2. The van der Waals surface area contributed by atoms with E-state index in [2.05, 4.69) is 21.7 Å². The number of aromatic nitrogens is 3. The first-order valence-corrected chi connectivity index (χ1v) is 5.37. The predicted octanol–water partition coefficient (Wildman–Crippen LogP) is 1.20. The quantitative estimate of drug-likeness (QED) is 0.769. The van der Waals surface area contributed by atoms with Crippen LogP contribution in [0.5, 0.6) is 0 Å². The summed E-state index contributed by atoms with van der Waals surface area (Å²) >= 11 is 0. The lowest BCUT2D eigenvalue weighted by atomic mass is 10.1. The fraction of sp³-hybridized carbons (Fsp3) is 0.800. The largest absolute Gasteiger partial charge is 0.328 e. The highest BCUT2D eigenvalue weighted by Gasteiger charge is 2.27. The van der Waals surface area contributed by atoms with Gasteiger partial charge in [0.05, 0.1) is 0 Å². The molecule has 1 aromatic rings. The molecule has 0 aromatic carbocycles. The zero-order valence-corrected chi connectivity index (χ0v) is 8.90. The van der Waals surface area contributed by atoms with E-state index >= 15 is 0 Å². The Morgan fingerprint density at radius 2 is 2.21 bits per heavy atom. The minimum absolute atomic E-state index is 0.363. The molecule has 1 saturated carbocycles. The summed E-state index contributed by atoms with van der Waals surface area (Å²) in [7, 11) is 0. The third-order valence-corrected chi connectivity index (χ3v) is 3.12. The summed E-state index contributed by atoms with van der Waals surface area (Å²) in [5, 5.41) is 8.39. The summed E-state index contributed by atoms with van der Waals surface area (Å²) in [6.45, 7) is 5.10. The van der Waals surface area contributed by atoms with Crippen molar-refractivity contribution in [3.8, 4) is 0 Å². The predicted molar refractivity (Wildman–Crippen MR) is 55.0 cm³/mol. The van der Waals surface area contributed by atoms with E-state index in [1.165, 1.54) is 6.42 Å². The molecule has 0 bridgehead atoms. The van der Waals surface area contributed by atoms with E-state index in [9.17, 15) is 0 Å². The Balaban J connectivity index is 2.23. The third-order valence-electron chi connectivity index (χ3n) is 3.12. The van der Waals surface area contributed by atoms with Gasteiger partial charge in [-0.05, 0) is 33.1 Å². The molecule has 1 aliphatic carbocycles. The summed E-state index contributed by atoms with van der Waals surface area (Å²) in [5.74, 6) is 2.69. The Morgan fingerprint density at radius 3 is 2.79 bits per heavy atom. The van der Waals surface area contributed by atoms with Crippen LogP contribution in [0.1, 0.15) is 43.8 Å². The highest BCUT2D eigenvalue weighted by molar-refractivity contribution is 5.04. The minimum Gasteiger partial charge on any atom is -0.328 e. The molecule has 4 heteroatoms. The topological polar surface area (TPSA) is 56.7 Å². The van der Waals surface area contributed by atoms with Crippen LogP contribution in [0.4, 0.5) is 0 Å². The van der Waals surface area contributed by atoms with E-state index in [1.807, 2.05) is 6.92 Å². The average Bonchev–Trinajstić information content (AvgIpc) is 2.71. The smallest absolute Gasteiger partial charge is 0.136 e. The van der Waals surface area contributed by atoms with Crippen LogP contribution < -0.4 is 5.73 Å². The van der Waals surface area contributed by atoms with Gasteiger partial charge in [0, 0.05) is 18.5 Å². The van der Waals surface area contributed by atoms with Crippen molar-refractivity contribution in [1.82, 2.24) is 14.8 Å². The molecule has 4 nitrogen and oxygen atoms in total. The van der Waals surface area contributed by atoms with Crippen molar-refractivity contribution in [1.29, 1.82) is 0 Å². The lowest BCUT2D eigenvalue weighted by Gasteiger charge is -2.10. The lowest BCUT2D eigenvalue weighted by Crippen LogP contribution is -2.15. The Kier molecular flexibility index (Phi) is 2.54. The van der Waals surface area contributed by atoms with Gasteiger partial charge < -0.3 is 10.3 Å². The first-order valence-electron chi connectivity index (χ1n) is 5.37. The Morgan fingerprint density at radius 1 is 1.43 bits per heavy atom. The number of hydrogen-bond donors (Lipinski definition) is 1. The molecule has 2 N–H and O–H groups in total. The van der Waals surface area contributed by atoms with E-state index in [1.54, 1.807) is 0 Å². The first kappa shape index (κ1) is 9.65. The van der Waals surface area contributed by atoms with E-state index in [0.717, 1.165) is 31.0 Å². The second kappa shape index (κ2) is 3.69. The number of nitrogens with two attached hydrogens (primary N) is 1. The normalized spacial score (nSPS) is 27.1. The molecule has 0 amide bonds. The zero-order chi connectivity index (χ0) is 10.1. The van der Waals surface area contributed by atoms with Crippen LogP contribution in [0.15, 0.2) is 0 Å². The van der Waals surface area contributed by atoms with Gasteiger partial charge in [0.15, 0.2) is 0 Å². The van der Waals surface area contributed by atoms with Crippen molar-refractivity contribution in [2.45, 2.75) is 51.6 Å². The molecule has 1 aromatic heterocycles. The first-order chi connectivity index (χ1) is 6.72. The second-order valence-electron chi connectivity index (χ2n) is 4.12. The van der Waals surface area contributed by atoms with Crippen molar-refractivity contribution in [3.63, 3.8) is 0 Å².